The quantitative estimate of drug-likeness (QED) is 0.614. The zero-order valence-electron chi connectivity index (χ0n) is 16.4. The Morgan fingerprint density at radius 1 is 1.19 bits per heavy atom. The van der Waals surface area contributed by atoms with Crippen molar-refractivity contribution in [1.82, 2.24) is 14.9 Å². The van der Waals surface area contributed by atoms with Crippen molar-refractivity contribution in [3.05, 3.63) is 29.8 Å². The maximum atomic E-state index is 13.0. The molecule has 1 amide bonds. The first kappa shape index (κ1) is 21.8. The lowest BCUT2D eigenvalue weighted by Gasteiger charge is -2.34. The van der Waals surface area contributed by atoms with Crippen molar-refractivity contribution >= 4 is 15.9 Å². The molecular formula is C19H31N3O4S. The van der Waals surface area contributed by atoms with Gasteiger partial charge in [0.05, 0.1) is 11.5 Å². The minimum atomic E-state index is -3.59. The van der Waals surface area contributed by atoms with Crippen molar-refractivity contribution in [2.45, 2.75) is 25.2 Å². The normalized spacial score (nSPS) is 21.1. The number of piperidine rings is 1. The lowest BCUT2D eigenvalue weighted by atomic mass is 9.94. The first-order chi connectivity index (χ1) is 12.8. The zero-order chi connectivity index (χ0) is 19.9. The Morgan fingerprint density at radius 2 is 1.89 bits per heavy atom. The molecule has 0 aromatic heterocycles. The molecule has 1 heterocycles. The zero-order valence-corrected chi connectivity index (χ0v) is 17.2. The van der Waals surface area contributed by atoms with Crippen LogP contribution in [0.1, 0.15) is 30.6 Å². The predicted molar refractivity (Wildman–Crippen MR) is 105 cm³/mol. The molecular weight excluding hydrogens is 366 g/mol. The van der Waals surface area contributed by atoms with Crippen LogP contribution in [0.3, 0.4) is 0 Å². The number of methoxy groups -OCH3 is 1. The Hall–Kier alpha value is -1.48. The molecule has 1 fully saturated rings. The third-order valence-electron chi connectivity index (χ3n) is 4.64. The van der Waals surface area contributed by atoms with Gasteiger partial charge >= 0.3 is 0 Å². The first-order valence-electron chi connectivity index (χ1n) is 9.42. The highest BCUT2D eigenvalue weighted by atomic mass is 32.2. The van der Waals surface area contributed by atoms with Crippen LogP contribution in [0, 0.1) is 11.8 Å². The molecule has 27 heavy (non-hydrogen) atoms. The first-order valence-corrected chi connectivity index (χ1v) is 10.9. The monoisotopic (exact) mass is 397 g/mol. The lowest BCUT2D eigenvalue weighted by Crippen LogP contribution is -2.42. The largest absolute Gasteiger partial charge is 0.383 e. The second kappa shape index (κ2) is 10.2. The Balaban J connectivity index is 2.00. The Kier molecular flexibility index (Phi) is 8.22. The van der Waals surface area contributed by atoms with E-state index in [1.54, 1.807) is 29.6 Å². The molecule has 0 spiro atoms. The molecule has 2 N–H and O–H groups in total. The summed E-state index contributed by atoms with van der Waals surface area (Å²) in [6.07, 6.45) is 1.03. The van der Waals surface area contributed by atoms with Crippen molar-refractivity contribution in [1.29, 1.82) is 0 Å². The average molecular weight is 398 g/mol. The number of sulfonamides is 1. The molecule has 0 radical (unpaired) electrons. The van der Waals surface area contributed by atoms with Crippen LogP contribution in [0.5, 0.6) is 0 Å². The van der Waals surface area contributed by atoms with E-state index in [0.29, 0.717) is 56.7 Å². The summed E-state index contributed by atoms with van der Waals surface area (Å²) in [6, 6.07) is 6.28. The maximum Gasteiger partial charge on any atom is 0.251 e. The molecule has 0 bridgehead atoms. The van der Waals surface area contributed by atoms with E-state index in [1.165, 1.54) is 6.07 Å². The number of ether oxygens (including phenoxy) is 1. The van der Waals surface area contributed by atoms with E-state index in [2.05, 4.69) is 24.5 Å². The van der Waals surface area contributed by atoms with Crippen molar-refractivity contribution < 1.29 is 17.9 Å². The van der Waals surface area contributed by atoms with E-state index < -0.39 is 10.0 Å². The minimum Gasteiger partial charge on any atom is -0.383 e. The van der Waals surface area contributed by atoms with Gasteiger partial charge in [0, 0.05) is 45.4 Å². The van der Waals surface area contributed by atoms with Gasteiger partial charge in [0.1, 0.15) is 0 Å². The van der Waals surface area contributed by atoms with Crippen molar-refractivity contribution in [2.24, 2.45) is 11.8 Å². The summed E-state index contributed by atoms with van der Waals surface area (Å²) in [6.45, 7) is 7.60. The fraction of sp³-hybridized carbons (Fsp3) is 0.632. The molecule has 2 rings (SSSR count). The van der Waals surface area contributed by atoms with Crippen LogP contribution in [0.15, 0.2) is 29.2 Å². The third kappa shape index (κ3) is 6.27. The van der Waals surface area contributed by atoms with Gasteiger partial charge in [-0.2, -0.15) is 4.31 Å². The second-order valence-electron chi connectivity index (χ2n) is 7.29. The molecule has 1 aliphatic rings. The lowest BCUT2D eigenvalue weighted by molar-refractivity contribution is 0.0953. The van der Waals surface area contributed by atoms with E-state index in [4.69, 9.17) is 4.74 Å². The Morgan fingerprint density at radius 3 is 2.56 bits per heavy atom. The molecule has 1 saturated heterocycles. The number of nitrogens with zero attached hydrogens (tertiary/aromatic N) is 1. The number of carbonyl (C=O) groups is 1. The van der Waals surface area contributed by atoms with Crippen molar-refractivity contribution in [2.75, 3.05) is 46.4 Å². The van der Waals surface area contributed by atoms with Gasteiger partial charge in [-0.25, -0.2) is 8.42 Å². The standard InChI is InChI=1S/C19H31N3O4S/c1-15-11-16(2)14-22(13-15)27(24,25)18-6-4-5-17(12-18)19(23)21-8-7-20-9-10-26-3/h4-6,12,15-16,20H,7-11,13-14H2,1-3H3,(H,21,23). The van der Waals surface area contributed by atoms with Crippen LogP contribution < -0.4 is 10.6 Å². The van der Waals surface area contributed by atoms with Gasteiger partial charge in [-0.3, -0.25) is 4.79 Å². The second-order valence-corrected chi connectivity index (χ2v) is 9.23. The molecule has 152 valence electrons. The molecule has 1 aromatic rings. The van der Waals surface area contributed by atoms with Crippen LogP contribution in [0.4, 0.5) is 0 Å². The summed E-state index contributed by atoms with van der Waals surface area (Å²) in [5.41, 5.74) is 0.353. The van der Waals surface area contributed by atoms with E-state index in [1.807, 2.05) is 0 Å². The fourth-order valence-corrected chi connectivity index (χ4v) is 5.14. The number of carbonyl (C=O) groups excluding carboxylic acids is 1. The topological polar surface area (TPSA) is 87.7 Å². The summed E-state index contributed by atoms with van der Waals surface area (Å²) < 4.78 is 32.5. The molecule has 0 aliphatic carbocycles. The SMILES string of the molecule is COCCNCCNC(=O)c1cccc(S(=O)(=O)N2CC(C)CC(C)C2)c1. The summed E-state index contributed by atoms with van der Waals surface area (Å²) in [4.78, 5) is 12.5. The summed E-state index contributed by atoms with van der Waals surface area (Å²) in [5, 5.41) is 5.94. The van der Waals surface area contributed by atoms with Crippen LogP contribution in [-0.4, -0.2) is 65.1 Å². The number of hydrogen-bond acceptors (Lipinski definition) is 5. The number of benzene rings is 1. The Labute approximate surface area is 162 Å². The average Bonchev–Trinajstić information content (AvgIpc) is 2.63. The van der Waals surface area contributed by atoms with E-state index in [0.717, 1.165) is 6.42 Å². The van der Waals surface area contributed by atoms with Crippen LogP contribution in [-0.2, 0) is 14.8 Å². The molecule has 7 nitrogen and oxygen atoms in total. The van der Waals surface area contributed by atoms with Gasteiger partial charge < -0.3 is 15.4 Å². The van der Waals surface area contributed by atoms with Crippen molar-refractivity contribution in [3.8, 4) is 0 Å². The number of nitrogens with one attached hydrogen (secondary N) is 2. The van der Waals surface area contributed by atoms with Gasteiger partial charge in [-0.1, -0.05) is 19.9 Å². The minimum absolute atomic E-state index is 0.176. The molecule has 8 heteroatoms. The van der Waals surface area contributed by atoms with Crippen LogP contribution in [0.2, 0.25) is 0 Å². The van der Waals surface area contributed by atoms with Crippen LogP contribution in [0.25, 0.3) is 0 Å². The van der Waals surface area contributed by atoms with E-state index >= 15 is 0 Å². The highest BCUT2D eigenvalue weighted by Crippen LogP contribution is 2.26. The van der Waals surface area contributed by atoms with Crippen LogP contribution >= 0.6 is 0 Å². The number of hydrogen-bond donors (Lipinski definition) is 2. The van der Waals surface area contributed by atoms with Crippen molar-refractivity contribution in [3.63, 3.8) is 0 Å². The van der Waals surface area contributed by atoms with Gasteiger partial charge in [0.2, 0.25) is 10.0 Å². The highest BCUT2D eigenvalue weighted by molar-refractivity contribution is 7.89. The van der Waals surface area contributed by atoms with Gasteiger partial charge in [-0.05, 0) is 36.5 Å². The molecule has 1 aromatic carbocycles. The summed E-state index contributed by atoms with van der Waals surface area (Å²) in [5.74, 6) is 0.391. The summed E-state index contributed by atoms with van der Waals surface area (Å²) in [7, 11) is -1.96. The third-order valence-corrected chi connectivity index (χ3v) is 6.47. The van der Waals surface area contributed by atoms with Gasteiger partial charge in [-0.15, -0.1) is 0 Å². The molecule has 2 atom stereocenters. The maximum absolute atomic E-state index is 13.0. The smallest absolute Gasteiger partial charge is 0.251 e. The molecule has 1 aliphatic heterocycles. The van der Waals surface area contributed by atoms with E-state index in [9.17, 15) is 13.2 Å². The van der Waals surface area contributed by atoms with Gasteiger partial charge in [0.25, 0.3) is 5.91 Å². The van der Waals surface area contributed by atoms with Gasteiger partial charge in [0.15, 0.2) is 0 Å². The Bertz CT molecular complexity index is 713. The molecule has 0 saturated carbocycles. The number of rotatable bonds is 9. The van der Waals surface area contributed by atoms with E-state index in [-0.39, 0.29) is 10.8 Å². The highest BCUT2D eigenvalue weighted by Gasteiger charge is 2.31. The molecule has 2 unspecified atom stereocenters. The number of amides is 1. The fourth-order valence-electron chi connectivity index (χ4n) is 3.41. The predicted octanol–water partition coefficient (Wildman–Crippen LogP) is 1.32. The summed E-state index contributed by atoms with van der Waals surface area (Å²) >= 11 is 0.